The Labute approximate surface area is 101 Å². The zero-order valence-corrected chi connectivity index (χ0v) is 11.0. The smallest absolute Gasteiger partial charge is 0.147 e. The summed E-state index contributed by atoms with van der Waals surface area (Å²) < 4.78 is 0.631. The van der Waals surface area contributed by atoms with E-state index >= 15 is 0 Å². The van der Waals surface area contributed by atoms with Crippen LogP contribution in [-0.4, -0.2) is 71.2 Å². The summed E-state index contributed by atoms with van der Waals surface area (Å²) in [6.07, 6.45) is 0. The van der Waals surface area contributed by atoms with Crippen molar-refractivity contribution in [1.82, 2.24) is 15.3 Å². The van der Waals surface area contributed by atoms with Crippen molar-refractivity contribution >= 4 is 52.8 Å². The van der Waals surface area contributed by atoms with Gasteiger partial charge in [-0.25, -0.2) is 5.01 Å². The molecule has 0 amide bonds. The van der Waals surface area contributed by atoms with Gasteiger partial charge >= 0.3 is 0 Å². The van der Waals surface area contributed by atoms with E-state index in [0.29, 0.717) is 4.32 Å². The molecule has 1 aliphatic rings. The molecule has 1 heterocycles. The zero-order valence-electron chi connectivity index (χ0n) is 6.99. The maximum atomic E-state index is 4.93. The first kappa shape index (κ1) is 12.9. The maximum absolute atomic E-state index is 4.93. The van der Waals surface area contributed by atoms with Crippen molar-refractivity contribution in [2.75, 3.05) is 33.2 Å². The summed E-state index contributed by atoms with van der Waals surface area (Å²) in [5.74, 6) is 0. The Morgan fingerprint density at radius 2 is 2.00 bits per heavy atom. The van der Waals surface area contributed by atoms with Crippen LogP contribution in [0.3, 0.4) is 0 Å². The van der Waals surface area contributed by atoms with Gasteiger partial charge in [0.05, 0.1) is 0 Å². The number of nitrogens with zero attached hydrogens (tertiary/aromatic N) is 2. The monoisotopic (exact) mass is 321 g/mol. The van der Waals surface area contributed by atoms with Gasteiger partial charge in [0.2, 0.25) is 0 Å². The third-order valence-electron chi connectivity index (χ3n) is 1.79. The van der Waals surface area contributed by atoms with Crippen molar-refractivity contribution in [3.8, 4) is 0 Å². The fourth-order valence-corrected chi connectivity index (χ4v) is 1.32. The summed E-state index contributed by atoms with van der Waals surface area (Å²) >= 11 is 9.03. The van der Waals surface area contributed by atoms with E-state index in [4.69, 9.17) is 12.2 Å². The molecule has 2 radical (unpaired) electrons. The molecular formula is C6H13N3S2Te. The van der Waals surface area contributed by atoms with Gasteiger partial charge in [0, 0.05) is 56.9 Å². The number of rotatable bonds is 1. The van der Waals surface area contributed by atoms with Crippen molar-refractivity contribution < 1.29 is 0 Å². The predicted molar refractivity (Wildman–Crippen MR) is 59.5 cm³/mol. The van der Waals surface area contributed by atoms with Crippen LogP contribution in [0.25, 0.3) is 0 Å². The Balaban J connectivity index is 0.00000121. The first-order valence-corrected chi connectivity index (χ1v) is 4.49. The van der Waals surface area contributed by atoms with E-state index in [1.54, 1.807) is 0 Å². The molecule has 1 aliphatic heterocycles. The minimum Gasteiger partial charge on any atom is -0.314 e. The van der Waals surface area contributed by atoms with E-state index < -0.39 is 0 Å². The van der Waals surface area contributed by atoms with Gasteiger partial charge < -0.3 is 5.32 Å². The Bertz CT molecular complexity index is 150. The van der Waals surface area contributed by atoms with Crippen LogP contribution in [-0.2, 0) is 0 Å². The number of thiol groups is 1. The third-order valence-corrected chi connectivity index (χ3v) is 2.35. The summed E-state index contributed by atoms with van der Waals surface area (Å²) in [7, 11) is 1.95. The van der Waals surface area contributed by atoms with E-state index in [1.165, 1.54) is 0 Å². The first-order chi connectivity index (χ1) is 5.22. The third kappa shape index (κ3) is 3.77. The zero-order chi connectivity index (χ0) is 8.27. The van der Waals surface area contributed by atoms with Crippen molar-refractivity contribution in [2.24, 2.45) is 0 Å². The fourth-order valence-electron chi connectivity index (χ4n) is 1.07. The molecule has 0 spiro atoms. The van der Waals surface area contributed by atoms with E-state index in [2.05, 4.69) is 23.0 Å². The van der Waals surface area contributed by atoms with E-state index in [-0.39, 0.29) is 23.7 Å². The molecule has 0 aliphatic carbocycles. The van der Waals surface area contributed by atoms with Crippen LogP contribution in [0.5, 0.6) is 0 Å². The molecule has 0 bridgehead atoms. The van der Waals surface area contributed by atoms with Gasteiger partial charge in [-0.3, -0.25) is 5.01 Å². The molecule has 1 N–H and O–H groups in total. The summed E-state index contributed by atoms with van der Waals surface area (Å²) in [5, 5.41) is 7.37. The van der Waals surface area contributed by atoms with Gasteiger partial charge in [-0.15, -0.1) is 12.6 Å². The number of thiocarbonyl (C=S) groups is 1. The standard InChI is InChI=1S/C6H13N3S2.Te/c1-8(6(10)11)9-4-2-7-3-5-9;/h7H,2-5H2,1H3,(H,10,11);. The molecular weight excluding hydrogens is 306 g/mol. The van der Waals surface area contributed by atoms with Crippen LogP contribution in [0, 0.1) is 0 Å². The number of piperazine rings is 1. The average molecular weight is 319 g/mol. The molecule has 70 valence electrons. The predicted octanol–water partition coefficient (Wildman–Crippen LogP) is -0.428. The Morgan fingerprint density at radius 3 is 2.42 bits per heavy atom. The topological polar surface area (TPSA) is 18.5 Å². The van der Waals surface area contributed by atoms with Crippen LogP contribution >= 0.6 is 24.8 Å². The molecule has 6 heteroatoms. The second kappa shape index (κ2) is 6.41. The van der Waals surface area contributed by atoms with E-state index in [0.717, 1.165) is 26.2 Å². The van der Waals surface area contributed by atoms with E-state index in [9.17, 15) is 0 Å². The molecule has 1 rings (SSSR count). The maximum Gasteiger partial charge on any atom is 0.147 e. The van der Waals surface area contributed by atoms with E-state index in [1.807, 2.05) is 12.1 Å². The molecule has 12 heavy (non-hydrogen) atoms. The first-order valence-electron chi connectivity index (χ1n) is 3.64. The molecule has 0 saturated carbocycles. The summed E-state index contributed by atoms with van der Waals surface area (Å²) in [5.41, 5.74) is 0. The molecule has 0 aromatic heterocycles. The molecule has 0 aromatic carbocycles. The van der Waals surface area contributed by atoms with Gasteiger partial charge in [0.15, 0.2) is 0 Å². The summed E-state index contributed by atoms with van der Waals surface area (Å²) in [4.78, 5) is 0. The largest absolute Gasteiger partial charge is 0.314 e. The number of hydrogen-bond acceptors (Lipinski definition) is 3. The minimum atomic E-state index is 0. The van der Waals surface area contributed by atoms with Crippen molar-refractivity contribution in [2.45, 2.75) is 0 Å². The SMILES string of the molecule is CN(C(=S)S)N1CCNCC1.[Te]. The number of hydrogen-bond donors (Lipinski definition) is 2. The Kier molecular flexibility index (Phi) is 6.92. The van der Waals surface area contributed by atoms with Crippen LogP contribution in [0.4, 0.5) is 0 Å². The average Bonchev–Trinajstić information content (AvgIpc) is 2.05. The minimum absolute atomic E-state index is 0. The molecule has 0 aromatic rings. The van der Waals surface area contributed by atoms with Gasteiger partial charge in [0.25, 0.3) is 0 Å². The molecule has 0 unspecified atom stereocenters. The van der Waals surface area contributed by atoms with Crippen molar-refractivity contribution in [3.63, 3.8) is 0 Å². The fraction of sp³-hybridized carbons (Fsp3) is 0.833. The summed E-state index contributed by atoms with van der Waals surface area (Å²) in [6, 6.07) is 0. The quantitative estimate of drug-likeness (QED) is 0.388. The molecule has 0 atom stereocenters. The molecule has 1 fully saturated rings. The van der Waals surface area contributed by atoms with Crippen LogP contribution in [0.2, 0.25) is 0 Å². The van der Waals surface area contributed by atoms with Gasteiger partial charge in [0.1, 0.15) is 4.32 Å². The van der Waals surface area contributed by atoms with Gasteiger partial charge in [-0.05, 0) is 0 Å². The van der Waals surface area contributed by atoms with Gasteiger partial charge in [-0.2, -0.15) is 0 Å². The molecule has 1 saturated heterocycles. The van der Waals surface area contributed by atoms with Crippen LogP contribution in [0.15, 0.2) is 0 Å². The second-order valence-electron chi connectivity index (χ2n) is 2.51. The van der Waals surface area contributed by atoms with Gasteiger partial charge in [-0.1, -0.05) is 12.2 Å². The van der Waals surface area contributed by atoms with Crippen molar-refractivity contribution in [1.29, 1.82) is 0 Å². The second-order valence-corrected chi connectivity index (χ2v) is 3.62. The normalized spacial score (nSPS) is 18.2. The number of hydrazine groups is 1. The van der Waals surface area contributed by atoms with Crippen molar-refractivity contribution in [3.05, 3.63) is 0 Å². The number of nitrogens with one attached hydrogen (secondary N) is 1. The van der Waals surface area contributed by atoms with Crippen LogP contribution in [0.1, 0.15) is 0 Å². The molecule has 3 nitrogen and oxygen atoms in total. The van der Waals surface area contributed by atoms with Crippen LogP contribution < -0.4 is 5.32 Å². The Morgan fingerprint density at radius 1 is 1.50 bits per heavy atom. The summed E-state index contributed by atoms with van der Waals surface area (Å²) in [6.45, 7) is 4.08. The Hall–Kier alpha value is 0.950.